The summed E-state index contributed by atoms with van der Waals surface area (Å²) in [7, 11) is 0. The van der Waals surface area contributed by atoms with Crippen LogP contribution in [0.3, 0.4) is 0 Å². The normalized spacial score (nSPS) is 11.6. The van der Waals surface area contributed by atoms with Gasteiger partial charge in [0.1, 0.15) is 36.5 Å². The Morgan fingerprint density at radius 2 is 1.58 bits per heavy atom. The van der Waals surface area contributed by atoms with Crippen molar-refractivity contribution in [1.82, 2.24) is 9.90 Å². The third-order valence-electron chi connectivity index (χ3n) is 5.39. The van der Waals surface area contributed by atoms with E-state index in [1.165, 1.54) is 13.8 Å². The summed E-state index contributed by atoms with van der Waals surface area (Å²) in [4.78, 5) is 22.9. The predicted molar refractivity (Wildman–Crippen MR) is 136 cm³/mol. The van der Waals surface area contributed by atoms with Gasteiger partial charge in [0.05, 0.1) is 11.8 Å². The van der Waals surface area contributed by atoms with Crippen LogP contribution in [-0.4, -0.2) is 44.8 Å². The topological polar surface area (TPSA) is 124 Å². The first kappa shape index (κ1) is 26.5. The molecule has 10 heteroatoms. The number of hydrogen-bond donors (Lipinski definition) is 2. The average molecular weight is 519 g/mol. The highest BCUT2D eigenvalue weighted by molar-refractivity contribution is 5.70. The van der Waals surface area contributed by atoms with Crippen LogP contribution in [0.2, 0.25) is 0 Å². The second-order valence-corrected chi connectivity index (χ2v) is 8.51. The largest absolute Gasteiger partial charge is 0.491 e. The molecule has 0 aliphatic heterocycles. The molecule has 0 aliphatic rings. The van der Waals surface area contributed by atoms with E-state index in [0.29, 0.717) is 34.2 Å². The molecule has 0 fully saturated rings. The quantitative estimate of drug-likeness (QED) is 0.187. The zero-order valence-electron chi connectivity index (χ0n) is 21.0. The molecular weight excluding hydrogens is 490 g/mol. The van der Waals surface area contributed by atoms with Gasteiger partial charge in [-0.25, -0.2) is 0 Å². The number of aromatic nitrogens is 3. The minimum absolute atomic E-state index is 0.00714. The molecule has 0 spiro atoms. The van der Waals surface area contributed by atoms with Gasteiger partial charge in [0.25, 0.3) is 0 Å². The van der Waals surface area contributed by atoms with Gasteiger partial charge in [0.2, 0.25) is 0 Å². The molecule has 3 aromatic carbocycles. The van der Waals surface area contributed by atoms with Crippen molar-refractivity contribution in [3.63, 3.8) is 0 Å². The Balaban J connectivity index is 1.62. The van der Waals surface area contributed by atoms with Crippen LogP contribution in [0.15, 0.2) is 79.0 Å². The Labute approximate surface area is 219 Å². The number of esters is 2. The molecule has 0 aliphatic carbocycles. The number of benzene rings is 3. The van der Waals surface area contributed by atoms with Crippen LogP contribution in [0.5, 0.6) is 17.2 Å². The molecule has 2 N–H and O–H groups in total. The van der Waals surface area contributed by atoms with Crippen molar-refractivity contribution in [3.05, 3.63) is 84.6 Å². The van der Waals surface area contributed by atoms with Crippen molar-refractivity contribution in [3.8, 4) is 34.2 Å². The number of carbonyl (C=O) groups excluding carboxylic acids is 2. The average Bonchev–Trinajstić information content (AvgIpc) is 3.31. The fourth-order valence-electron chi connectivity index (χ4n) is 3.73. The van der Waals surface area contributed by atoms with Crippen molar-refractivity contribution in [2.75, 3.05) is 6.61 Å². The Hall–Kier alpha value is -4.54. The maximum Gasteiger partial charge on any atom is 0.308 e. The summed E-state index contributed by atoms with van der Waals surface area (Å²) in [6.07, 6.45) is 0.852. The van der Waals surface area contributed by atoms with Crippen molar-refractivity contribution in [2.45, 2.75) is 33.1 Å². The molecular formula is C28H28N3O7+. The molecule has 1 aromatic heterocycles. The van der Waals surface area contributed by atoms with E-state index in [-0.39, 0.29) is 19.8 Å². The molecule has 1 unspecified atom stereocenters. The van der Waals surface area contributed by atoms with E-state index in [9.17, 15) is 19.8 Å². The smallest absolute Gasteiger partial charge is 0.308 e. The van der Waals surface area contributed by atoms with Gasteiger partial charge >= 0.3 is 11.9 Å². The van der Waals surface area contributed by atoms with Gasteiger partial charge < -0.3 is 24.4 Å². The minimum atomic E-state index is -0.913. The summed E-state index contributed by atoms with van der Waals surface area (Å²) in [6, 6.07) is 20.8. The summed E-state index contributed by atoms with van der Waals surface area (Å²) in [6.45, 7) is 2.70. The van der Waals surface area contributed by atoms with Crippen LogP contribution in [0.4, 0.5) is 0 Å². The highest BCUT2D eigenvalue weighted by Crippen LogP contribution is 2.23. The fourth-order valence-corrected chi connectivity index (χ4v) is 3.73. The first-order valence-corrected chi connectivity index (χ1v) is 11.9. The Kier molecular flexibility index (Phi) is 8.47. The molecule has 1 heterocycles. The van der Waals surface area contributed by atoms with E-state index in [4.69, 9.17) is 14.2 Å². The fraction of sp³-hybridized carbons (Fsp3) is 0.214. The molecule has 0 bridgehead atoms. The first-order chi connectivity index (χ1) is 18.3. The third kappa shape index (κ3) is 7.02. The second kappa shape index (κ2) is 12.1. The van der Waals surface area contributed by atoms with Gasteiger partial charge in [-0.3, -0.25) is 9.59 Å². The van der Waals surface area contributed by atoms with E-state index < -0.39 is 18.0 Å². The van der Waals surface area contributed by atoms with Crippen LogP contribution in [-0.2, 0) is 22.7 Å². The summed E-state index contributed by atoms with van der Waals surface area (Å²) in [5.41, 5.74) is 2.74. The molecule has 0 saturated carbocycles. The van der Waals surface area contributed by atoms with Crippen LogP contribution in [0.25, 0.3) is 16.9 Å². The van der Waals surface area contributed by atoms with Gasteiger partial charge in [0.15, 0.2) is 17.6 Å². The first-order valence-electron chi connectivity index (χ1n) is 11.9. The SMILES string of the molecule is CC(=O)Oc1cccc(-c2cn(-c3cccc(OC(C)=O)c3)n[n+]2CC(O)COc2ccc(CO)cc2)c1. The molecule has 4 aromatic rings. The van der Waals surface area contributed by atoms with Gasteiger partial charge in [-0.05, 0) is 42.0 Å². The molecule has 1 atom stereocenters. The van der Waals surface area contributed by atoms with E-state index in [1.54, 1.807) is 82.3 Å². The van der Waals surface area contributed by atoms with Gasteiger partial charge in [-0.15, -0.1) is 9.36 Å². The molecule has 196 valence electrons. The number of hydrogen-bond acceptors (Lipinski definition) is 8. The second-order valence-electron chi connectivity index (χ2n) is 8.51. The number of nitrogens with zero attached hydrogens (tertiary/aromatic N) is 3. The number of ether oxygens (including phenoxy) is 3. The molecule has 0 radical (unpaired) electrons. The molecule has 10 nitrogen and oxygen atoms in total. The van der Waals surface area contributed by atoms with Crippen molar-refractivity contribution in [2.24, 2.45) is 0 Å². The lowest BCUT2D eigenvalue weighted by Gasteiger charge is -2.11. The van der Waals surface area contributed by atoms with Gasteiger partial charge in [0, 0.05) is 25.5 Å². The number of aliphatic hydroxyl groups is 2. The number of aliphatic hydroxyl groups excluding tert-OH is 2. The standard InChI is InChI=1S/C28H28N3O7/c1-19(33)37-26-7-3-5-22(13-26)28-16-30(23-6-4-8-27(14-23)38-20(2)34)29-31(28)15-24(35)18-36-25-11-9-21(17-32)10-12-25/h3-14,16,24,32,35H,15,17-18H2,1-2H3/q+1. The molecule has 0 amide bonds. The number of carbonyl (C=O) groups is 2. The third-order valence-corrected chi connectivity index (χ3v) is 5.39. The minimum Gasteiger partial charge on any atom is -0.491 e. The van der Waals surface area contributed by atoms with Crippen LogP contribution >= 0.6 is 0 Å². The summed E-state index contributed by atoms with van der Waals surface area (Å²) >= 11 is 0. The van der Waals surface area contributed by atoms with Gasteiger partial charge in [-0.1, -0.05) is 30.3 Å². The van der Waals surface area contributed by atoms with E-state index in [2.05, 4.69) is 5.21 Å². The number of rotatable bonds is 10. The zero-order chi connectivity index (χ0) is 27.1. The highest BCUT2D eigenvalue weighted by Gasteiger charge is 2.23. The summed E-state index contributed by atoms with van der Waals surface area (Å²) < 4.78 is 19.4. The molecule has 0 saturated heterocycles. The summed E-state index contributed by atoms with van der Waals surface area (Å²) in [5, 5.41) is 24.6. The Morgan fingerprint density at radius 1 is 0.921 bits per heavy atom. The molecule has 4 rings (SSSR count). The van der Waals surface area contributed by atoms with E-state index >= 15 is 0 Å². The lowest BCUT2D eigenvalue weighted by Crippen LogP contribution is -2.45. The summed E-state index contributed by atoms with van der Waals surface area (Å²) in [5.74, 6) is 0.438. The van der Waals surface area contributed by atoms with Crippen LogP contribution in [0, 0.1) is 0 Å². The zero-order valence-corrected chi connectivity index (χ0v) is 21.0. The predicted octanol–water partition coefficient (Wildman–Crippen LogP) is 2.61. The lowest BCUT2D eigenvalue weighted by atomic mass is 10.1. The highest BCUT2D eigenvalue weighted by atomic mass is 16.5. The Bertz CT molecular complexity index is 1420. The maximum absolute atomic E-state index is 11.5. The van der Waals surface area contributed by atoms with E-state index in [0.717, 1.165) is 5.56 Å². The van der Waals surface area contributed by atoms with E-state index in [1.807, 2.05) is 6.07 Å². The van der Waals surface area contributed by atoms with Gasteiger partial charge in [-0.2, -0.15) is 0 Å². The molecule has 38 heavy (non-hydrogen) atoms. The van der Waals surface area contributed by atoms with Crippen LogP contribution in [0.1, 0.15) is 19.4 Å². The Morgan fingerprint density at radius 3 is 2.24 bits per heavy atom. The monoisotopic (exact) mass is 518 g/mol. The van der Waals surface area contributed by atoms with Crippen LogP contribution < -0.4 is 18.9 Å². The van der Waals surface area contributed by atoms with Crippen molar-refractivity contribution in [1.29, 1.82) is 0 Å². The van der Waals surface area contributed by atoms with Crippen molar-refractivity contribution >= 4 is 11.9 Å². The lowest BCUT2D eigenvalue weighted by molar-refractivity contribution is -0.750. The maximum atomic E-state index is 11.5. The van der Waals surface area contributed by atoms with Crippen molar-refractivity contribution < 1.29 is 38.7 Å².